The van der Waals surface area contributed by atoms with Gasteiger partial charge in [-0.3, -0.25) is 4.90 Å². The Labute approximate surface area is 68.8 Å². The van der Waals surface area contributed by atoms with Crippen LogP contribution in [-0.2, 0) is 0 Å². The van der Waals surface area contributed by atoms with Gasteiger partial charge in [-0.1, -0.05) is 5.92 Å². The normalized spacial score (nSPS) is 38.1. The summed E-state index contributed by atoms with van der Waals surface area (Å²) in [7, 11) is 0. The zero-order valence-electron chi connectivity index (χ0n) is 6.97. The van der Waals surface area contributed by atoms with Crippen molar-refractivity contribution in [3.63, 3.8) is 0 Å². The second-order valence-electron chi connectivity index (χ2n) is 3.72. The summed E-state index contributed by atoms with van der Waals surface area (Å²) in [4.78, 5) is 2.51. The van der Waals surface area contributed by atoms with Gasteiger partial charge in [0.05, 0.1) is 5.54 Å². The van der Waals surface area contributed by atoms with Crippen LogP contribution in [0.15, 0.2) is 0 Å². The van der Waals surface area contributed by atoms with Gasteiger partial charge in [-0.05, 0) is 45.2 Å². The molecule has 2 aliphatic heterocycles. The molecule has 0 aliphatic carbocycles. The van der Waals surface area contributed by atoms with Gasteiger partial charge in [0, 0.05) is 0 Å². The van der Waals surface area contributed by atoms with Crippen LogP contribution in [-0.4, -0.2) is 23.5 Å². The molecule has 1 heteroatoms. The Balaban J connectivity index is 2.20. The highest BCUT2D eigenvalue weighted by Gasteiger charge is 2.40. The second kappa shape index (κ2) is 2.53. The minimum absolute atomic E-state index is 0.193. The Morgan fingerprint density at radius 3 is 2.55 bits per heavy atom. The van der Waals surface area contributed by atoms with Crippen LogP contribution in [0.4, 0.5) is 0 Å². The van der Waals surface area contributed by atoms with Crippen LogP contribution in [0.3, 0.4) is 0 Å². The van der Waals surface area contributed by atoms with Gasteiger partial charge in [0.15, 0.2) is 0 Å². The number of rotatable bonds is 0. The largest absolute Gasteiger partial charge is 0.287 e. The lowest BCUT2D eigenvalue weighted by Gasteiger charge is -2.38. The van der Waals surface area contributed by atoms with E-state index >= 15 is 0 Å². The number of hydrogen-bond donors (Lipinski definition) is 0. The molecular formula is C10H15N. The molecule has 0 saturated carbocycles. The van der Waals surface area contributed by atoms with Crippen LogP contribution in [0.2, 0.25) is 0 Å². The van der Waals surface area contributed by atoms with E-state index < -0.39 is 0 Å². The first-order valence-corrected chi connectivity index (χ1v) is 4.60. The van der Waals surface area contributed by atoms with Crippen molar-refractivity contribution in [3.05, 3.63) is 0 Å². The SMILES string of the molecule is C#C[C@]12CCCCN1CCC2. The summed E-state index contributed by atoms with van der Waals surface area (Å²) in [5.74, 6) is 3.01. The smallest absolute Gasteiger partial charge is 0.0823 e. The van der Waals surface area contributed by atoms with Crippen molar-refractivity contribution in [2.24, 2.45) is 0 Å². The first-order valence-electron chi connectivity index (χ1n) is 4.60. The van der Waals surface area contributed by atoms with Crippen molar-refractivity contribution >= 4 is 0 Å². The molecule has 2 fully saturated rings. The van der Waals surface area contributed by atoms with Crippen LogP contribution >= 0.6 is 0 Å². The van der Waals surface area contributed by atoms with Crippen LogP contribution in [0.5, 0.6) is 0 Å². The van der Waals surface area contributed by atoms with Gasteiger partial charge in [-0.2, -0.15) is 0 Å². The van der Waals surface area contributed by atoms with Gasteiger partial charge >= 0.3 is 0 Å². The highest BCUT2D eigenvalue weighted by Crippen LogP contribution is 2.36. The second-order valence-corrected chi connectivity index (χ2v) is 3.72. The summed E-state index contributed by atoms with van der Waals surface area (Å²) in [6.45, 7) is 2.48. The average Bonchev–Trinajstić information content (AvgIpc) is 2.48. The van der Waals surface area contributed by atoms with E-state index in [1.807, 2.05) is 0 Å². The molecule has 0 aromatic heterocycles. The van der Waals surface area contributed by atoms with Gasteiger partial charge in [0.1, 0.15) is 0 Å². The third-order valence-corrected chi connectivity index (χ3v) is 3.16. The minimum atomic E-state index is 0.193. The van der Waals surface area contributed by atoms with E-state index in [0.717, 1.165) is 0 Å². The van der Waals surface area contributed by atoms with Crippen molar-refractivity contribution in [3.8, 4) is 12.3 Å². The van der Waals surface area contributed by atoms with Gasteiger partial charge in [-0.15, -0.1) is 6.42 Å². The monoisotopic (exact) mass is 149 g/mol. The molecule has 2 saturated heterocycles. The Morgan fingerprint density at radius 1 is 1.09 bits per heavy atom. The lowest BCUT2D eigenvalue weighted by molar-refractivity contribution is 0.142. The highest BCUT2D eigenvalue weighted by atomic mass is 15.2. The topological polar surface area (TPSA) is 3.24 Å². The Kier molecular flexibility index (Phi) is 1.65. The molecule has 2 aliphatic rings. The van der Waals surface area contributed by atoms with E-state index in [-0.39, 0.29) is 5.54 Å². The maximum absolute atomic E-state index is 5.59. The molecule has 0 bridgehead atoms. The third-order valence-electron chi connectivity index (χ3n) is 3.16. The quantitative estimate of drug-likeness (QED) is 0.473. The molecule has 0 aromatic carbocycles. The van der Waals surface area contributed by atoms with Gasteiger partial charge in [-0.25, -0.2) is 0 Å². The highest BCUT2D eigenvalue weighted by molar-refractivity contribution is 5.17. The summed E-state index contributed by atoms with van der Waals surface area (Å²) in [6, 6.07) is 0. The predicted molar refractivity (Wildman–Crippen MR) is 46.2 cm³/mol. The zero-order chi connectivity index (χ0) is 7.73. The minimum Gasteiger partial charge on any atom is -0.287 e. The van der Waals surface area contributed by atoms with Crippen LogP contribution < -0.4 is 0 Å². The summed E-state index contributed by atoms with van der Waals surface area (Å²) < 4.78 is 0. The number of fused-ring (bicyclic) bond motifs is 1. The van der Waals surface area contributed by atoms with Crippen LogP contribution in [0.25, 0.3) is 0 Å². The molecule has 2 rings (SSSR count). The molecular weight excluding hydrogens is 134 g/mol. The molecule has 0 spiro atoms. The van der Waals surface area contributed by atoms with Crippen LogP contribution in [0, 0.1) is 12.3 Å². The summed E-state index contributed by atoms with van der Waals surface area (Å²) in [5.41, 5.74) is 0.193. The fourth-order valence-electron chi connectivity index (χ4n) is 2.50. The van der Waals surface area contributed by atoms with E-state index in [0.29, 0.717) is 0 Å². The van der Waals surface area contributed by atoms with E-state index in [1.165, 1.54) is 45.2 Å². The Hall–Kier alpha value is -0.480. The first kappa shape index (κ1) is 7.18. The molecule has 0 N–H and O–H groups in total. The predicted octanol–water partition coefficient (Wildman–Crippen LogP) is 1.64. The van der Waals surface area contributed by atoms with Gasteiger partial charge < -0.3 is 0 Å². The first-order chi connectivity index (χ1) is 5.37. The standard InChI is InChI=1S/C10H15N/c1-2-10-6-3-4-8-11(10)9-5-7-10/h1H,3-9H2/t10-/m1/s1. The number of hydrogen-bond acceptors (Lipinski definition) is 1. The molecule has 11 heavy (non-hydrogen) atoms. The Morgan fingerprint density at radius 2 is 1.82 bits per heavy atom. The van der Waals surface area contributed by atoms with Crippen molar-refractivity contribution in [1.29, 1.82) is 0 Å². The lowest BCUT2D eigenvalue weighted by atomic mass is 9.87. The van der Waals surface area contributed by atoms with Crippen molar-refractivity contribution in [2.45, 2.75) is 37.6 Å². The lowest BCUT2D eigenvalue weighted by Crippen LogP contribution is -2.45. The maximum atomic E-state index is 5.59. The molecule has 0 aromatic rings. The number of terminal acetylenes is 1. The van der Waals surface area contributed by atoms with Gasteiger partial charge in [0.2, 0.25) is 0 Å². The molecule has 2 heterocycles. The fraction of sp³-hybridized carbons (Fsp3) is 0.800. The summed E-state index contributed by atoms with van der Waals surface area (Å²) in [5, 5.41) is 0. The fourth-order valence-corrected chi connectivity index (χ4v) is 2.50. The average molecular weight is 149 g/mol. The Bertz CT molecular complexity index is 192. The van der Waals surface area contributed by atoms with Crippen molar-refractivity contribution in [2.75, 3.05) is 13.1 Å². The van der Waals surface area contributed by atoms with Crippen molar-refractivity contribution < 1.29 is 0 Å². The molecule has 1 atom stereocenters. The van der Waals surface area contributed by atoms with Gasteiger partial charge in [0.25, 0.3) is 0 Å². The molecule has 0 amide bonds. The van der Waals surface area contributed by atoms with E-state index in [1.54, 1.807) is 0 Å². The molecule has 0 unspecified atom stereocenters. The van der Waals surface area contributed by atoms with E-state index in [9.17, 15) is 0 Å². The maximum Gasteiger partial charge on any atom is 0.0823 e. The molecule has 1 nitrogen and oxygen atoms in total. The van der Waals surface area contributed by atoms with Crippen LogP contribution in [0.1, 0.15) is 32.1 Å². The summed E-state index contributed by atoms with van der Waals surface area (Å²) in [6.07, 6.45) is 12.1. The van der Waals surface area contributed by atoms with Crippen molar-refractivity contribution in [1.82, 2.24) is 4.90 Å². The third kappa shape index (κ3) is 0.973. The number of nitrogens with zero attached hydrogens (tertiary/aromatic N) is 1. The number of piperidine rings is 1. The molecule has 60 valence electrons. The van der Waals surface area contributed by atoms with E-state index in [4.69, 9.17) is 6.42 Å². The zero-order valence-corrected chi connectivity index (χ0v) is 6.97. The molecule has 0 radical (unpaired) electrons. The summed E-state index contributed by atoms with van der Waals surface area (Å²) >= 11 is 0. The van der Waals surface area contributed by atoms with E-state index in [2.05, 4.69) is 10.8 Å².